The van der Waals surface area contributed by atoms with Gasteiger partial charge >= 0.3 is 5.63 Å². The number of fused-ring (bicyclic) bond motifs is 4. The van der Waals surface area contributed by atoms with Crippen LogP contribution in [-0.4, -0.2) is 12.2 Å². The van der Waals surface area contributed by atoms with Crippen LogP contribution in [0.4, 0.5) is 11.4 Å². The molecule has 2 heterocycles. The number of nitrogens with one attached hydrogen (secondary N) is 1. The number of benzene rings is 3. The maximum absolute atomic E-state index is 13.1. The molecule has 5 heteroatoms. The Morgan fingerprint density at radius 1 is 1.07 bits per heavy atom. The van der Waals surface area contributed by atoms with E-state index in [1.807, 2.05) is 43.3 Å². The molecular formula is C24H19NO4. The van der Waals surface area contributed by atoms with Crippen molar-refractivity contribution >= 4 is 22.3 Å². The second-order valence-electron chi connectivity index (χ2n) is 7.25. The molecule has 5 rings (SSSR count). The Hall–Kier alpha value is -3.73. The third kappa shape index (κ3) is 2.66. The number of aromatic hydroxyl groups is 1. The van der Waals surface area contributed by atoms with Crippen LogP contribution >= 0.6 is 0 Å². The summed E-state index contributed by atoms with van der Waals surface area (Å²) in [6.07, 6.45) is 0. The fraction of sp³-hybridized carbons (Fsp3) is 0.125. The van der Waals surface area contributed by atoms with E-state index in [0.717, 1.165) is 33.5 Å². The first-order chi connectivity index (χ1) is 14.1. The lowest BCUT2D eigenvalue weighted by atomic mass is 9.80. The van der Waals surface area contributed by atoms with E-state index in [-0.39, 0.29) is 17.3 Å². The van der Waals surface area contributed by atoms with Gasteiger partial charge in [0, 0.05) is 17.0 Å². The van der Waals surface area contributed by atoms with Crippen molar-refractivity contribution in [3.05, 3.63) is 93.3 Å². The number of phenols is 1. The number of hydrogen-bond donors (Lipinski definition) is 2. The maximum Gasteiger partial charge on any atom is 0.342 e. The van der Waals surface area contributed by atoms with Gasteiger partial charge in [0.2, 0.25) is 0 Å². The normalized spacial score (nSPS) is 14.8. The summed E-state index contributed by atoms with van der Waals surface area (Å²) in [7, 11) is 1.51. The van der Waals surface area contributed by atoms with Gasteiger partial charge in [-0.05, 0) is 48.4 Å². The molecule has 0 spiro atoms. The van der Waals surface area contributed by atoms with Crippen molar-refractivity contribution in [3.63, 3.8) is 0 Å². The van der Waals surface area contributed by atoms with E-state index in [2.05, 4.69) is 11.4 Å². The van der Waals surface area contributed by atoms with E-state index in [0.29, 0.717) is 16.9 Å². The van der Waals surface area contributed by atoms with E-state index in [9.17, 15) is 9.90 Å². The topological polar surface area (TPSA) is 71.7 Å². The molecule has 1 atom stereocenters. The zero-order valence-corrected chi connectivity index (χ0v) is 16.0. The van der Waals surface area contributed by atoms with Crippen LogP contribution in [0.5, 0.6) is 11.5 Å². The molecule has 0 radical (unpaired) electrons. The van der Waals surface area contributed by atoms with Gasteiger partial charge in [0.05, 0.1) is 18.4 Å². The van der Waals surface area contributed by atoms with Gasteiger partial charge in [-0.15, -0.1) is 0 Å². The van der Waals surface area contributed by atoms with E-state index in [1.54, 1.807) is 18.2 Å². The summed E-state index contributed by atoms with van der Waals surface area (Å²) in [5, 5.41) is 14.3. The Kier molecular flexibility index (Phi) is 3.84. The molecule has 29 heavy (non-hydrogen) atoms. The number of hydrogen-bond acceptors (Lipinski definition) is 5. The van der Waals surface area contributed by atoms with Crippen LogP contribution in [-0.2, 0) is 0 Å². The van der Waals surface area contributed by atoms with E-state index < -0.39 is 0 Å². The van der Waals surface area contributed by atoms with E-state index in [4.69, 9.17) is 9.15 Å². The largest absolute Gasteiger partial charge is 0.504 e. The SMILES string of the molecule is COc1cc(C2c3cc(C)ccc3Nc3c2c(=O)oc2ccccc32)ccc1O. The number of para-hydroxylation sites is 1. The molecule has 144 valence electrons. The fourth-order valence-corrected chi connectivity index (χ4v) is 4.11. The predicted octanol–water partition coefficient (Wildman–Crippen LogP) is 5.05. The molecule has 4 aromatic rings. The van der Waals surface area contributed by atoms with Gasteiger partial charge in [-0.25, -0.2) is 4.79 Å². The Bertz CT molecular complexity index is 1320. The lowest BCUT2D eigenvalue weighted by Crippen LogP contribution is -2.22. The minimum atomic E-state index is -0.379. The molecule has 0 bridgehead atoms. The quantitative estimate of drug-likeness (QED) is 0.416. The molecule has 1 aromatic heterocycles. The highest BCUT2D eigenvalue weighted by atomic mass is 16.5. The van der Waals surface area contributed by atoms with Gasteiger partial charge in [-0.1, -0.05) is 35.9 Å². The Balaban J connectivity index is 1.86. The van der Waals surface area contributed by atoms with Crippen LogP contribution in [0, 0.1) is 6.92 Å². The number of phenolic OH excluding ortho intramolecular Hbond substituents is 1. The highest BCUT2D eigenvalue weighted by Gasteiger charge is 2.32. The highest BCUT2D eigenvalue weighted by Crippen LogP contribution is 2.47. The second-order valence-corrected chi connectivity index (χ2v) is 7.25. The molecule has 2 N–H and O–H groups in total. The monoisotopic (exact) mass is 385 g/mol. The van der Waals surface area contributed by atoms with Crippen LogP contribution in [0.2, 0.25) is 0 Å². The highest BCUT2D eigenvalue weighted by molar-refractivity contribution is 5.96. The van der Waals surface area contributed by atoms with Gasteiger partial charge in [-0.2, -0.15) is 0 Å². The van der Waals surface area contributed by atoms with Gasteiger partial charge in [0.15, 0.2) is 11.5 Å². The van der Waals surface area contributed by atoms with Gasteiger partial charge < -0.3 is 19.6 Å². The Labute approximate surface area is 167 Å². The maximum atomic E-state index is 13.1. The number of aryl methyl sites for hydroxylation is 1. The third-order valence-electron chi connectivity index (χ3n) is 5.45. The summed E-state index contributed by atoms with van der Waals surface area (Å²) in [6.45, 7) is 2.02. The Morgan fingerprint density at radius 3 is 2.72 bits per heavy atom. The summed E-state index contributed by atoms with van der Waals surface area (Å²) in [5.74, 6) is 0.0684. The van der Waals surface area contributed by atoms with Crippen molar-refractivity contribution in [2.75, 3.05) is 12.4 Å². The van der Waals surface area contributed by atoms with Crippen molar-refractivity contribution in [1.82, 2.24) is 0 Å². The third-order valence-corrected chi connectivity index (χ3v) is 5.45. The molecule has 0 saturated heterocycles. The van der Waals surface area contributed by atoms with Crippen molar-refractivity contribution in [2.24, 2.45) is 0 Å². The fourth-order valence-electron chi connectivity index (χ4n) is 4.11. The number of rotatable bonds is 2. The average molecular weight is 385 g/mol. The molecule has 1 aliphatic rings. The zero-order chi connectivity index (χ0) is 20.1. The number of methoxy groups -OCH3 is 1. The number of ether oxygens (including phenoxy) is 1. The molecule has 0 saturated carbocycles. The summed E-state index contributed by atoms with van der Waals surface area (Å²) in [4.78, 5) is 13.1. The van der Waals surface area contributed by atoms with Crippen molar-refractivity contribution in [1.29, 1.82) is 0 Å². The predicted molar refractivity (Wildman–Crippen MR) is 113 cm³/mol. The van der Waals surface area contributed by atoms with Crippen molar-refractivity contribution in [2.45, 2.75) is 12.8 Å². The second kappa shape index (κ2) is 6.41. The van der Waals surface area contributed by atoms with Crippen LogP contribution in [0.1, 0.15) is 28.2 Å². The number of anilines is 2. The average Bonchev–Trinajstić information content (AvgIpc) is 2.73. The van der Waals surface area contributed by atoms with Crippen LogP contribution < -0.4 is 15.7 Å². The van der Waals surface area contributed by atoms with Gasteiger partial charge in [0.25, 0.3) is 0 Å². The lowest BCUT2D eigenvalue weighted by Gasteiger charge is -2.30. The molecule has 3 aromatic carbocycles. The first-order valence-corrected chi connectivity index (χ1v) is 9.37. The van der Waals surface area contributed by atoms with Crippen LogP contribution in [0.15, 0.2) is 69.9 Å². The first-order valence-electron chi connectivity index (χ1n) is 9.37. The van der Waals surface area contributed by atoms with E-state index in [1.165, 1.54) is 7.11 Å². The molecule has 1 unspecified atom stereocenters. The minimum Gasteiger partial charge on any atom is -0.504 e. The van der Waals surface area contributed by atoms with E-state index >= 15 is 0 Å². The molecule has 0 amide bonds. The molecule has 5 nitrogen and oxygen atoms in total. The Morgan fingerprint density at radius 2 is 1.90 bits per heavy atom. The zero-order valence-electron chi connectivity index (χ0n) is 16.0. The van der Waals surface area contributed by atoms with Gasteiger partial charge in [-0.3, -0.25) is 0 Å². The van der Waals surface area contributed by atoms with Crippen LogP contribution in [0.3, 0.4) is 0 Å². The minimum absolute atomic E-state index is 0.0559. The molecule has 0 fully saturated rings. The lowest BCUT2D eigenvalue weighted by molar-refractivity contribution is 0.373. The van der Waals surface area contributed by atoms with Crippen LogP contribution in [0.25, 0.3) is 11.0 Å². The summed E-state index contributed by atoms with van der Waals surface area (Å²) in [6, 6.07) is 18.8. The summed E-state index contributed by atoms with van der Waals surface area (Å²) < 4.78 is 11.0. The van der Waals surface area contributed by atoms with Gasteiger partial charge in [0.1, 0.15) is 5.58 Å². The molecular weight excluding hydrogens is 366 g/mol. The molecule has 1 aliphatic heterocycles. The summed E-state index contributed by atoms with van der Waals surface area (Å²) in [5.41, 5.74) is 5.33. The summed E-state index contributed by atoms with van der Waals surface area (Å²) >= 11 is 0. The van der Waals surface area contributed by atoms with Crippen molar-refractivity contribution in [3.8, 4) is 11.5 Å². The standard InChI is InChI=1S/C24H19NO4/c1-13-7-9-17-16(11-13)21(14-8-10-18(26)20(12-14)28-2)22-23(25-17)15-5-3-4-6-19(15)29-24(22)27/h3-12,21,25-26H,1-2H3. The molecule has 0 aliphatic carbocycles. The van der Waals surface area contributed by atoms with Crippen molar-refractivity contribution < 1.29 is 14.3 Å². The smallest absolute Gasteiger partial charge is 0.342 e. The first kappa shape index (κ1) is 17.4.